The zero-order valence-electron chi connectivity index (χ0n) is 9.25. The normalized spacial score (nSPS) is 11.2. The number of rotatable bonds is 3. The van der Waals surface area contributed by atoms with Crippen LogP contribution in [-0.2, 0) is 0 Å². The van der Waals surface area contributed by atoms with Crippen LogP contribution in [0.2, 0.25) is 0 Å². The third-order valence-corrected chi connectivity index (χ3v) is 2.38. The highest BCUT2D eigenvalue weighted by atomic mass is 19.1. The van der Waals surface area contributed by atoms with Crippen LogP contribution in [-0.4, -0.2) is 36.3 Å². The number of nitrogens with zero attached hydrogens (tertiary/aromatic N) is 1. The van der Waals surface area contributed by atoms with Crippen LogP contribution in [0.25, 0.3) is 10.9 Å². The van der Waals surface area contributed by atoms with Gasteiger partial charge in [0.15, 0.2) is 5.78 Å². The number of Topliss-reactive ketones (excluding diaryl/α,β-unsaturated/α-hetero) is 1. The number of hydrogen-bond donors (Lipinski definition) is 1. The Hall–Kier alpha value is -1.68. The predicted octanol–water partition coefficient (Wildman–Crippen LogP) is 2.05. The molecule has 0 saturated heterocycles. The van der Waals surface area contributed by atoms with E-state index in [2.05, 4.69) is 4.98 Å². The maximum absolute atomic E-state index is 13.3. The van der Waals surface area contributed by atoms with E-state index in [0.717, 1.165) is 5.39 Å². The van der Waals surface area contributed by atoms with Gasteiger partial charge in [-0.2, -0.15) is 0 Å². The van der Waals surface area contributed by atoms with Gasteiger partial charge in [-0.15, -0.1) is 0 Å². The number of hydrogen-bond acceptors (Lipinski definition) is 2. The Labute approximate surface area is 92.9 Å². The lowest BCUT2D eigenvalue weighted by atomic mass is 10.1. The van der Waals surface area contributed by atoms with Gasteiger partial charge < -0.3 is 9.88 Å². The summed E-state index contributed by atoms with van der Waals surface area (Å²) in [6, 6.07) is 4.45. The molecule has 0 fully saturated rings. The highest BCUT2D eigenvalue weighted by Gasteiger charge is 2.13. The molecule has 1 heterocycles. The largest absolute Gasteiger partial charge is 0.361 e. The summed E-state index contributed by atoms with van der Waals surface area (Å²) in [6.45, 7) is 0.275. The molecule has 1 aromatic heterocycles. The van der Waals surface area contributed by atoms with Gasteiger partial charge in [-0.25, -0.2) is 4.39 Å². The van der Waals surface area contributed by atoms with Gasteiger partial charge in [0.05, 0.1) is 12.1 Å². The van der Waals surface area contributed by atoms with Crippen LogP contribution in [0.5, 0.6) is 0 Å². The number of carbonyl (C=O) groups excluding carboxylic acids is 1. The number of fused-ring (bicyclic) bond motifs is 1. The monoisotopic (exact) mass is 220 g/mol. The van der Waals surface area contributed by atoms with Crippen molar-refractivity contribution in [1.29, 1.82) is 0 Å². The number of aromatic amines is 1. The Kier molecular flexibility index (Phi) is 2.75. The summed E-state index contributed by atoms with van der Waals surface area (Å²) in [5.74, 6) is -0.467. The van der Waals surface area contributed by atoms with Gasteiger partial charge in [-0.1, -0.05) is 0 Å². The minimum absolute atomic E-state index is 0.0862. The van der Waals surface area contributed by atoms with Crippen LogP contribution in [0.15, 0.2) is 24.4 Å². The smallest absolute Gasteiger partial charge is 0.179 e. The number of H-pyrrole nitrogens is 1. The summed E-state index contributed by atoms with van der Waals surface area (Å²) < 4.78 is 13.3. The third-order valence-electron chi connectivity index (χ3n) is 2.38. The van der Waals surface area contributed by atoms with Crippen molar-refractivity contribution in [3.8, 4) is 0 Å². The molecular weight excluding hydrogens is 207 g/mol. The number of halogens is 1. The number of ketones is 1. The molecule has 2 aromatic rings. The highest BCUT2D eigenvalue weighted by Crippen LogP contribution is 2.19. The zero-order valence-corrected chi connectivity index (χ0v) is 9.25. The van der Waals surface area contributed by atoms with Gasteiger partial charge >= 0.3 is 0 Å². The number of likely N-dealkylation sites (N-methyl/N-ethyl adjacent to an activating group) is 1. The molecule has 4 heteroatoms. The molecule has 1 aromatic carbocycles. The maximum Gasteiger partial charge on any atom is 0.179 e. The summed E-state index contributed by atoms with van der Waals surface area (Å²) in [6.07, 6.45) is 1.70. The van der Waals surface area contributed by atoms with Gasteiger partial charge in [0.2, 0.25) is 0 Å². The quantitative estimate of drug-likeness (QED) is 0.804. The SMILES string of the molecule is CN(C)CC(=O)c1cc(F)cc2cc[nH]c12. The summed E-state index contributed by atoms with van der Waals surface area (Å²) >= 11 is 0. The number of nitrogens with one attached hydrogen (secondary N) is 1. The molecule has 0 spiro atoms. The van der Waals surface area contributed by atoms with Gasteiger partial charge in [-0.3, -0.25) is 4.79 Å². The lowest BCUT2D eigenvalue weighted by Crippen LogP contribution is -2.22. The van der Waals surface area contributed by atoms with E-state index in [0.29, 0.717) is 11.1 Å². The van der Waals surface area contributed by atoms with Crippen LogP contribution in [0.4, 0.5) is 4.39 Å². The molecular formula is C12H13FN2O. The summed E-state index contributed by atoms with van der Waals surface area (Å²) in [5.41, 5.74) is 1.11. The van der Waals surface area contributed by atoms with E-state index >= 15 is 0 Å². The zero-order chi connectivity index (χ0) is 11.7. The number of aromatic nitrogens is 1. The van der Waals surface area contributed by atoms with Crippen molar-refractivity contribution in [2.45, 2.75) is 0 Å². The first kappa shape index (κ1) is 10.8. The Morgan fingerprint density at radius 3 is 2.88 bits per heavy atom. The maximum atomic E-state index is 13.3. The van der Waals surface area contributed by atoms with Crippen molar-refractivity contribution in [2.24, 2.45) is 0 Å². The van der Waals surface area contributed by atoms with Gasteiger partial charge in [0.1, 0.15) is 5.82 Å². The first-order chi connectivity index (χ1) is 7.58. The second-order valence-electron chi connectivity index (χ2n) is 4.06. The predicted molar refractivity (Wildman–Crippen MR) is 61.1 cm³/mol. The van der Waals surface area contributed by atoms with Crippen LogP contribution < -0.4 is 0 Å². The molecule has 0 saturated carbocycles. The summed E-state index contributed by atoms with van der Waals surface area (Å²) in [4.78, 5) is 16.6. The first-order valence-corrected chi connectivity index (χ1v) is 5.02. The van der Waals surface area contributed by atoms with Gasteiger partial charge in [0.25, 0.3) is 0 Å². The molecule has 0 aliphatic heterocycles. The van der Waals surface area contributed by atoms with Crippen molar-refractivity contribution in [2.75, 3.05) is 20.6 Å². The minimum atomic E-state index is -0.380. The van der Waals surface area contributed by atoms with Crippen molar-refractivity contribution in [3.05, 3.63) is 35.8 Å². The van der Waals surface area contributed by atoms with E-state index < -0.39 is 0 Å². The molecule has 0 aliphatic rings. The molecule has 0 amide bonds. The molecule has 0 bridgehead atoms. The molecule has 1 N–H and O–H groups in total. The van der Waals surface area contributed by atoms with Crippen molar-refractivity contribution >= 4 is 16.7 Å². The molecule has 84 valence electrons. The number of benzene rings is 1. The van der Waals surface area contributed by atoms with Crippen LogP contribution in [0, 0.1) is 5.82 Å². The summed E-state index contributed by atoms with van der Waals surface area (Å²) in [5, 5.41) is 0.724. The topological polar surface area (TPSA) is 36.1 Å². The number of carbonyl (C=O) groups is 1. The molecule has 3 nitrogen and oxygen atoms in total. The van der Waals surface area contributed by atoms with Crippen LogP contribution in [0.3, 0.4) is 0 Å². The van der Waals surface area contributed by atoms with E-state index in [1.807, 2.05) is 14.1 Å². The second-order valence-corrected chi connectivity index (χ2v) is 4.06. The summed E-state index contributed by atoms with van der Waals surface area (Å²) in [7, 11) is 3.62. The minimum Gasteiger partial charge on any atom is -0.361 e. The van der Waals surface area contributed by atoms with Gasteiger partial charge in [-0.05, 0) is 32.3 Å². The Morgan fingerprint density at radius 1 is 1.44 bits per heavy atom. The first-order valence-electron chi connectivity index (χ1n) is 5.02. The molecule has 0 atom stereocenters. The van der Waals surface area contributed by atoms with Crippen LogP contribution >= 0.6 is 0 Å². The molecule has 0 aliphatic carbocycles. The molecule has 0 unspecified atom stereocenters. The fourth-order valence-corrected chi connectivity index (χ4v) is 1.73. The van der Waals surface area contributed by atoms with Crippen molar-refractivity contribution in [1.82, 2.24) is 9.88 Å². The lowest BCUT2D eigenvalue weighted by Gasteiger charge is -2.09. The fourth-order valence-electron chi connectivity index (χ4n) is 1.73. The Morgan fingerprint density at radius 2 is 2.19 bits per heavy atom. The van der Waals surface area contributed by atoms with E-state index in [9.17, 15) is 9.18 Å². The third kappa shape index (κ3) is 1.97. The average molecular weight is 220 g/mol. The fraction of sp³-hybridized carbons (Fsp3) is 0.250. The van der Waals surface area contributed by atoms with E-state index in [4.69, 9.17) is 0 Å². The van der Waals surface area contributed by atoms with Crippen LogP contribution in [0.1, 0.15) is 10.4 Å². The van der Waals surface area contributed by atoms with Gasteiger partial charge in [0, 0.05) is 17.1 Å². The molecule has 16 heavy (non-hydrogen) atoms. The lowest BCUT2D eigenvalue weighted by molar-refractivity contribution is 0.0959. The Balaban J connectivity index is 2.50. The van der Waals surface area contributed by atoms with E-state index in [1.165, 1.54) is 12.1 Å². The van der Waals surface area contributed by atoms with E-state index in [1.54, 1.807) is 17.2 Å². The standard InChI is InChI=1S/C12H13FN2O/c1-15(2)7-11(16)10-6-9(13)5-8-3-4-14-12(8)10/h3-6,14H,7H2,1-2H3. The molecule has 0 radical (unpaired) electrons. The highest BCUT2D eigenvalue weighted by molar-refractivity contribution is 6.07. The van der Waals surface area contributed by atoms with E-state index in [-0.39, 0.29) is 18.1 Å². The average Bonchev–Trinajstić information content (AvgIpc) is 2.62. The second kappa shape index (κ2) is 4.06. The van der Waals surface area contributed by atoms with Crippen molar-refractivity contribution < 1.29 is 9.18 Å². The molecule has 2 rings (SSSR count). The Bertz CT molecular complexity index is 531. The van der Waals surface area contributed by atoms with Crippen molar-refractivity contribution in [3.63, 3.8) is 0 Å².